The van der Waals surface area contributed by atoms with Crippen LogP contribution in [-0.4, -0.2) is 13.1 Å². The molecule has 0 saturated heterocycles. The number of rotatable bonds is 3. The van der Waals surface area contributed by atoms with E-state index in [0.717, 1.165) is 0 Å². The predicted octanol–water partition coefficient (Wildman–Crippen LogP) is 2.57. The van der Waals surface area contributed by atoms with Crippen molar-refractivity contribution in [2.75, 3.05) is 7.11 Å². The molecule has 0 radical (unpaired) electrons. The van der Waals surface area contributed by atoms with Crippen LogP contribution in [0.4, 0.5) is 4.39 Å². The molecule has 0 aliphatic rings. The highest BCUT2D eigenvalue weighted by Crippen LogP contribution is 2.25. The van der Waals surface area contributed by atoms with Gasteiger partial charge in [-0.25, -0.2) is 4.39 Å². The van der Waals surface area contributed by atoms with E-state index in [0.29, 0.717) is 10.0 Å². The van der Waals surface area contributed by atoms with Crippen molar-refractivity contribution in [3.05, 3.63) is 34.1 Å². The zero-order valence-corrected chi connectivity index (χ0v) is 11.0. The van der Waals surface area contributed by atoms with Crippen LogP contribution in [0, 0.1) is 5.82 Å². The Balaban J connectivity index is 0.00000225. The average molecular weight is 313 g/mol. The lowest BCUT2D eigenvalue weighted by atomic mass is 10.0. The van der Waals surface area contributed by atoms with Gasteiger partial charge in [-0.15, -0.1) is 12.4 Å². The molecule has 0 aliphatic heterocycles. The van der Waals surface area contributed by atoms with Crippen molar-refractivity contribution in [2.45, 2.75) is 12.5 Å². The molecule has 0 spiro atoms. The molecule has 3 nitrogen and oxygen atoms in total. The van der Waals surface area contributed by atoms with Crippen LogP contribution in [0.2, 0.25) is 0 Å². The number of nitrogens with two attached hydrogens (primary N) is 1. The predicted molar refractivity (Wildman–Crippen MR) is 64.9 cm³/mol. The van der Waals surface area contributed by atoms with Crippen LogP contribution in [0.5, 0.6) is 0 Å². The second-order valence-electron chi connectivity index (χ2n) is 3.05. The zero-order valence-electron chi connectivity index (χ0n) is 8.57. The Morgan fingerprint density at radius 2 is 2.25 bits per heavy atom. The number of benzene rings is 1. The molecule has 1 rings (SSSR count). The fourth-order valence-corrected chi connectivity index (χ4v) is 1.71. The van der Waals surface area contributed by atoms with E-state index in [1.165, 1.54) is 19.2 Å². The normalized spacial score (nSPS) is 11.5. The Morgan fingerprint density at radius 3 is 2.81 bits per heavy atom. The van der Waals surface area contributed by atoms with Crippen LogP contribution in [0.3, 0.4) is 0 Å². The fourth-order valence-electron chi connectivity index (χ4n) is 1.17. The lowest BCUT2D eigenvalue weighted by molar-refractivity contribution is -0.141. The molecule has 2 N–H and O–H groups in total. The van der Waals surface area contributed by atoms with Gasteiger partial charge >= 0.3 is 5.97 Å². The summed E-state index contributed by atoms with van der Waals surface area (Å²) >= 11 is 3.24. The van der Waals surface area contributed by atoms with E-state index in [4.69, 9.17) is 5.73 Å². The van der Waals surface area contributed by atoms with E-state index in [9.17, 15) is 9.18 Å². The van der Waals surface area contributed by atoms with Crippen LogP contribution >= 0.6 is 28.3 Å². The van der Waals surface area contributed by atoms with Crippen molar-refractivity contribution >= 4 is 34.3 Å². The minimum atomic E-state index is -0.567. The van der Waals surface area contributed by atoms with E-state index in [1.54, 1.807) is 6.07 Å². The third-order valence-corrected chi connectivity index (χ3v) is 2.69. The van der Waals surface area contributed by atoms with Crippen molar-refractivity contribution in [2.24, 2.45) is 5.73 Å². The number of carbonyl (C=O) groups is 1. The van der Waals surface area contributed by atoms with Gasteiger partial charge in [0.2, 0.25) is 0 Å². The summed E-state index contributed by atoms with van der Waals surface area (Å²) in [6, 6.07) is 3.61. The van der Waals surface area contributed by atoms with Crippen molar-refractivity contribution < 1.29 is 13.9 Å². The van der Waals surface area contributed by atoms with Crippen molar-refractivity contribution in [3.8, 4) is 0 Å². The Morgan fingerprint density at radius 1 is 1.62 bits per heavy atom. The number of halogens is 3. The van der Waals surface area contributed by atoms with Gasteiger partial charge in [0.15, 0.2) is 0 Å². The molecule has 1 unspecified atom stereocenters. The van der Waals surface area contributed by atoms with E-state index in [2.05, 4.69) is 20.7 Å². The zero-order chi connectivity index (χ0) is 11.4. The number of esters is 1. The highest BCUT2D eigenvalue weighted by atomic mass is 79.9. The summed E-state index contributed by atoms with van der Waals surface area (Å²) in [7, 11) is 1.29. The molecule has 0 bridgehead atoms. The summed E-state index contributed by atoms with van der Waals surface area (Å²) in [5.41, 5.74) is 6.30. The second-order valence-corrected chi connectivity index (χ2v) is 3.91. The van der Waals surface area contributed by atoms with Crippen LogP contribution in [0.25, 0.3) is 0 Å². The van der Waals surface area contributed by atoms with Gasteiger partial charge in [-0.2, -0.15) is 0 Å². The highest BCUT2D eigenvalue weighted by Gasteiger charge is 2.15. The van der Waals surface area contributed by atoms with Crippen molar-refractivity contribution in [3.63, 3.8) is 0 Å². The molecule has 0 saturated carbocycles. The molecular weight excluding hydrogens is 300 g/mol. The average Bonchev–Trinajstić information content (AvgIpc) is 2.21. The number of methoxy groups -OCH3 is 1. The quantitative estimate of drug-likeness (QED) is 0.873. The molecule has 16 heavy (non-hydrogen) atoms. The van der Waals surface area contributed by atoms with Gasteiger partial charge in [0.25, 0.3) is 0 Å². The third-order valence-electron chi connectivity index (χ3n) is 1.97. The summed E-state index contributed by atoms with van der Waals surface area (Å²) in [5.74, 6) is -0.799. The van der Waals surface area contributed by atoms with Crippen molar-refractivity contribution in [1.82, 2.24) is 0 Å². The maximum atomic E-state index is 12.9. The third kappa shape index (κ3) is 4.08. The summed E-state index contributed by atoms with van der Waals surface area (Å²) in [6.45, 7) is 0. The van der Waals surface area contributed by atoms with Crippen LogP contribution < -0.4 is 5.73 Å². The number of ether oxygens (including phenoxy) is 1. The second kappa shape index (κ2) is 6.83. The molecule has 0 heterocycles. The molecule has 0 fully saturated rings. The number of carbonyl (C=O) groups excluding carboxylic acids is 1. The Bertz CT molecular complexity index is 376. The van der Waals surface area contributed by atoms with E-state index in [-0.39, 0.29) is 24.6 Å². The fraction of sp³-hybridized carbons (Fsp3) is 0.300. The standard InChI is InChI=1S/C10H11BrFNO2.ClH/c1-15-10(14)5-9(13)7-4-6(12)2-3-8(7)11;/h2-4,9H,5,13H2,1H3;1H. The molecular formula is C10H12BrClFNO2. The smallest absolute Gasteiger partial charge is 0.307 e. The summed E-state index contributed by atoms with van der Waals surface area (Å²) in [4.78, 5) is 11.0. The molecule has 0 amide bonds. The lowest BCUT2D eigenvalue weighted by Gasteiger charge is -2.12. The molecule has 6 heteroatoms. The van der Waals surface area contributed by atoms with Crippen LogP contribution in [0.15, 0.2) is 22.7 Å². The minimum Gasteiger partial charge on any atom is -0.469 e. The van der Waals surface area contributed by atoms with Gasteiger partial charge in [0, 0.05) is 10.5 Å². The Hall–Kier alpha value is -0.650. The van der Waals surface area contributed by atoms with Gasteiger partial charge in [-0.3, -0.25) is 4.79 Å². The van der Waals surface area contributed by atoms with E-state index >= 15 is 0 Å². The van der Waals surface area contributed by atoms with Gasteiger partial charge in [-0.1, -0.05) is 15.9 Å². The first-order valence-electron chi connectivity index (χ1n) is 4.32. The number of hydrogen-bond donors (Lipinski definition) is 1. The first-order chi connectivity index (χ1) is 7.04. The maximum Gasteiger partial charge on any atom is 0.307 e. The molecule has 0 aliphatic carbocycles. The van der Waals surface area contributed by atoms with Gasteiger partial charge in [0.1, 0.15) is 5.82 Å². The van der Waals surface area contributed by atoms with Crippen molar-refractivity contribution in [1.29, 1.82) is 0 Å². The molecule has 1 aromatic rings. The summed E-state index contributed by atoms with van der Waals surface area (Å²) in [5, 5.41) is 0. The number of hydrogen-bond acceptors (Lipinski definition) is 3. The van der Waals surface area contributed by atoms with Crippen LogP contribution in [-0.2, 0) is 9.53 Å². The molecule has 0 aromatic heterocycles. The van der Waals surface area contributed by atoms with Gasteiger partial charge < -0.3 is 10.5 Å². The van der Waals surface area contributed by atoms with Crippen LogP contribution in [0.1, 0.15) is 18.0 Å². The Labute approximate surface area is 108 Å². The Kier molecular flexibility index (Phi) is 6.55. The maximum absolute atomic E-state index is 12.9. The SMILES string of the molecule is COC(=O)CC(N)c1cc(F)ccc1Br.Cl. The monoisotopic (exact) mass is 311 g/mol. The van der Waals surface area contributed by atoms with Gasteiger partial charge in [0.05, 0.1) is 13.5 Å². The summed E-state index contributed by atoms with van der Waals surface area (Å²) in [6.07, 6.45) is 0.0263. The molecule has 90 valence electrons. The van der Waals surface area contributed by atoms with E-state index in [1.807, 2.05) is 0 Å². The highest BCUT2D eigenvalue weighted by molar-refractivity contribution is 9.10. The first-order valence-corrected chi connectivity index (χ1v) is 5.11. The topological polar surface area (TPSA) is 52.3 Å². The van der Waals surface area contributed by atoms with E-state index < -0.39 is 12.0 Å². The first kappa shape index (κ1) is 15.3. The molecule has 1 aromatic carbocycles. The summed E-state index contributed by atoms with van der Waals surface area (Å²) < 4.78 is 18.1. The lowest BCUT2D eigenvalue weighted by Crippen LogP contribution is -2.17. The largest absolute Gasteiger partial charge is 0.469 e. The molecule has 1 atom stereocenters. The van der Waals surface area contributed by atoms with Gasteiger partial charge in [-0.05, 0) is 23.8 Å². The minimum absolute atomic E-state index is 0.